The van der Waals surface area contributed by atoms with Crippen LogP contribution >= 0.6 is 12.2 Å². The fraction of sp³-hybridized carbons (Fsp3) is 0.0769. The minimum Gasteiger partial charge on any atom is -0.389 e. The van der Waals surface area contributed by atoms with E-state index in [1.807, 2.05) is 24.3 Å². The summed E-state index contributed by atoms with van der Waals surface area (Å²) in [6.45, 7) is 0.724. The van der Waals surface area contributed by atoms with Crippen LogP contribution < -0.4 is 11.1 Å². The zero-order valence-corrected chi connectivity index (χ0v) is 10.1. The third-order valence-corrected chi connectivity index (χ3v) is 2.63. The molecule has 86 valence electrons. The second kappa shape index (κ2) is 5.41. The van der Waals surface area contributed by atoms with Crippen molar-refractivity contribution >= 4 is 22.9 Å². The molecule has 0 radical (unpaired) electrons. The average molecular weight is 243 g/mol. The van der Waals surface area contributed by atoms with E-state index in [4.69, 9.17) is 18.0 Å². The van der Waals surface area contributed by atoms with Gasteiger partial charge < -0.3 is 11.1 Å². The van der Waals surface area contributed by atoms with E-state index >= 15 is 0 Å². The van der Waals surface area contributed by atoms with Gasteiger partial charge >= 0.3 is 0 Å². The summed E-state index contributed by atoms with van der Waals surface area (Å²) < 4.78 is 0. The van der Waals surface area contributed by atoms with E-state index in [0.29, 0.717) is 4.99 Å². The quantitative estimate of drug-likeness (QED) is 0.809. The van der Waals surface area contributed by atoms with Crippen molar-refractivity contribution in [1.29, 1.82) is 0 Å². The molecule has 0 aliphatic rings. The Bertz CT molecular complexity index is 511. The second-order valence-electron chi connectivity index (χ2n) is 3.62. The number of nitrogens with one attached hydrogen (secondary N) is 1. The molecule has 1 aromatic heterocycles. The molecule has 3 N–H and O–H groups in total. The maximum Gasteiger partial charge on any atom is 0.106 e. The first-order chi connectivity index (χ1) is 8.27. The fourth-order valence-corrected chi connectivity index (χ4v) is 1.72. The maximum absolute atomic E-state index is 5.65. The van der Waals surface area contributed by atoms with Crippen LogP contribution in [-0.2, 0) is 6.54 Å². The summed E-state index contributed by atoms with van der Waals surface area (Å²) in [4.78, 5) is 4.44. The monoisotopic (exact) mass is 243 g/mol. The fourth-order valence-electron chi connectivity index (χ4n) is 1.54. The van der Waals surface area contributed by atoms with Crippen molar-refractivity contribution in [3.63, 3.8) is 0 Å². The zero-order valence-electron chi connectivity index (χ0n) is 9.26. The predicted octanol–water partition coefficient (Wildman–Crippen LogP) is 2.33. The van der Waals surface area contributed by atoms with Gasteiger partial charge in [-0.2, -0.15) is 0 Å². The van der Waals surface area contributed by atoms with E-state index in [-0.39, 0.29) is 0 Å². The highest BCUT2D eigenvalue weighted by Gasteiger charge is 2.03. The molecule has 17 heavy (non-hydrogen) atoms. The number of hydrogen-bond donors (Lipinski definition) is 2. The zero-order chi connectivity index (χ0) is 12.1. The van der Waals surface area contributed by atoms with Gasteiger partial charge in [0.05, 0.1) is 11.9 Å². The van der Waals surface area contributed by atoms with Crippen molar-refractivity contribution in [3.05, 3.63) is 59.9 Å². The van der Waals surface area contributed by atoms with Gasteiger partial charge in [0.2, 0.25) is 0 Å². The van der Waals surface area contributed by atoms with Gasteiger partial charge in [0, 0.05) is 18.3 Å². The van der Waals surface area contributed by atoms with Crippen molar-refractivity contribution in [2.75, 3.05) is 5.32 Å². The van der Waals surface area contributed by atoms with Crippen molar-refractivity contribution in [1.82, 2.24) is 4.98 Å². The minimum absolute atomic E-state index is 0.378. The number of hydrogen-bond acceptors (Lipinski definition) is 3. The van der Waals surface area contributed by atoms with Crippen LogP contribution in [0.1, 0.15) is 11.1 Å². The highest BCUT2D eigenvalue weighted by Crippen LogP contribution is 2.14. The third kappa shape index (κ3) is 3.01. The lowest BCUT2D eigenvalue weighted by atomic mass is 10.2. The summed E-state index contributed by atoms with van der Waals surface area (Å²) in [5.74, 6) is 0. The molecule has 0 saturated heterocycles. The minimum atomic E-state index is 0.378. The van der Waals surface area contributed by atoms with Gasteiger partial charge in [0.15, 0.2) is 0 Å². The molecule has 2 rings (SSSR count). The highest BCUT2D eigenvalue weighted by molar-refractivity contribution is 7.80. The summed E-state index contributed by atoms with van der Waals surface area (Å²) in [6.07, 6.45) is 3.42. The molecule has 1 heterocycles. The molecule has 0 bridgehead atoms. The molecular formula is C13H13N3S. The van der Waals surface area contributed by atoms with Gasteiger partial charge in [-0.1, -0.05) is 42.5 Å². The molecule has 0 amide bonds. The summed E-state index contributed by atoms with van der Waals surface area (Å²) in [5, 5.41) is 3.28. The lowest BCUT2D eigenvalue weighted by molar-refractivity contribution is 1.13. The topological polar surface area (TPSA) is 50.9 Å². The van der Waals surface area contributed by atoms with Crippen LogP contribution in [0.5, 0.6) is 0 Å². The van der Waals surface area contributed by atoms with Crippen LogP contribution in [0.2, 0.25) is 0 Å². The number of benzene rings is 1. The summed E-state index contributed by atoms with van der Waals surface area (Å²) in [7, 11) is 0. The standard InChI is InChI=1S/C13H13N3S/c14-13(17)11-6-7-15-9-12(11)16-8-10-4-2-1-3-5-10/h1-7,9,16H,8H2,(H2,14,17). The Hall–Kier alpha value is -1.94. The highest BCUT2D eigenvalue weighted by atomic mass is 32.1. The number of aromatic nitrogens is 1. The molecule has 0 aliphatic carbocycles. The Morgan fingerprint density at radius 1 is 1.24 bits per heavy atom. The van der Waals surface area contributed by atoms with Crippen LogP contribution in [0.25, 0.3) is 0 Å². The maximum atomic E-state index is 5.65. The van der Waals surface area contributed by atoms with Gasteiger partial charge in [-0.3, -0.25) is 4.98 Å². The number of nitrogens with zero attached hydrogens (tertiary/aromatic N) is 1. The molecular weight excluding hydrogens is 230 g/mol. The van der Waals surface area contributed by atoms with E-state index in [0.717, 1.165) is 17.8 Å². The van der Waals surface area contributed by atoms with Crippen molar-refractivity contribution in [2.45, 2.75) is 6.54 Å². The Morgan fingerprint density at radius 3 is 2.71 bits per heavy atom. The Balaban J connectivity index is 2.12. The van der Waals surface area contributed by atoms with E-state index in [1.165, 1.54) is 5.56 Å². The molecule has 2 aromatic rings. The molecule has 1 aromatic carbocycles. The van der Waals surface area contributed by atoms with Gasteiger partial charge in [-0.25, -0.2) is 0 Å². The molecule has 0 aliphatic heterocycles. The van der Waals surface area contributed by atoms with Gasteiger partial charge in [-0.05, 0) is 11.6 Å². The van der Waals surface area contributed by atoms with E-state index < -0.39 is 0 Å². The number of rotatable bonds is 4. The van der Waals surface area contributed by atoms with Crippen LogP contribution in [0, 0.1) is 0 Å². The van der Waals surface area contributed by atoms with Crippen LogP contribution in [0.4, 0.5) is 5.69 Å². The number of anilines is 1. The Morgan fingerprint density at radius 2 is 2.00 bits per heavy atom. The molecule has 3 nitrogen and oxygen atoms in total. The normalized spacial score (nSPS) is 9.88. The molecule has 0 spiro atoms. The van der Waals surface area contributed by atoms with Crippen LogP contribution in [-0.4, -0.2) is 9.97 Å². The van der Waals surface area contributed by atoms with Gasteiger partial charge in [0.1, 0.15) is 4.99 Å². The number of thiocarbonyl (C=S) groups is 1. The first kappa shape index (κ1) is 11.5. The van der Waals surface area contributed by atoms with E-state index in [1.54, 1.807) is 12.4 Å². The number of nitrogens with two attached hydrogens (primary N) is 1. The Labute approximate surface area is 106 Å². The SMILES string of the molecule is NC(=S)c1ccncc1NCc1ccccc1. The van der Waals surface area contributed by atoms with E-state index in [9.17, 15) is 0 Å². The third-order valence-electron chi connectivity index (χ3n) is 2.41. The first-order valence-electron chi connectivity index (χ1n) is 5.29. The first-order valence-corrected chi connectivity index (χ1v) is 5.70. The second-order valence-corrected chi connectivity index (χ2v) is 4.06. The predicted molar refractivity (Wildman–Crippen MR) is 73.9 cm³/mol. The molecule has 0 atom stereocenters. The lowest BCUT2D eigenvalue weighted by Gasteiger charge is -2.10. The van der Waals surface area contributed by atoms with Crippen molar-refractivity contribution in [2.24, 2.45) is 5.73 Å². The van der Waals surface area contributed by atoms with Crippen LogP contribution in [0.15, 0.2) is 48.8 Å². The smallest absolute Gasteiger partial charge is 0.106 e. The van der Waals surface area contributed by atoms with E-state index in [2.05, 4.69) is 22.4 Å². The molecule has 0 fully saturated rings. The summed E-state index contributed by atoms with van der Waals surface area (Å²) >= 11 is 4.99. The van der Waals surface area contributed by atoms with Crippen molar-refractivity contribution < 1.29 is 0 Å². The van der Waals surface area contributed by atoms with Gasteiger partial charge in [0.25, 0.3) is 0 Å². The summed E-state index contributed by atoms with van der Waals surface area (Å²) in [5.41, 5.74) is 8.54. The Kier molecular flexibility index (Phi) is 3.67. The van der Waals surface area contributed by atoms with Gasteiger partial charge in [-0.15, -0.1) is 0 Å². The van der Waals surface area contributed by atoms with Crippen LogP contribution in [0.3, 0.4) is 0 Å². The lowest BCUT2D eigenvalue weighted by Crippen LogP contribution is -2.13. The molecule has 0 unspecified atom stereocenters. The molecule has 0 saturated carbocycles. The molecule has 4 heteroatoms. The average Bonchev–Trinajstić information content (AvgIpc) is 2.38. The van der Waals surface area contributed by atoms with Crippen molar-refractivity contribution in [3.8, 4) is 0 Å². The number of pyridine rings is 1. The largest absolute Gasteiger partial charge is 0.389 e. The summed E-state index contributed by atoms with van der Waals surface area (Å²) in [6, 6.07) is 11.9.